The summed E-state index contributed by atoms with van der Waals surface area (Å²) in [4.78, 5) is 18.4. The number of hydrogen-bond acceptors (Lipinski definition) is 3. The Morgan fingerprint density at radius 1 is 1.19 bits per heavy atom. The SMILES string of the molecule is C[C@H]1c2[nH]c3ccccc3c2CCN1C(=O)Cc1noc2ccccc12. The van der Waals surface area contributed by atoms with Crippen molar-refractivity contribution in [1.82, 2.24) is 15.0 Å². The van der Waals surface area contributed by atoms with Gasteiger partial charge in [-0.1, -0.05) is 35.5 Å². The molecule has 2 aromatic carbocycles. The Hall–Kier alpha value is -3.08. The molecule has 0 fully saturated rings. The smallest absolute Gasteiger partial charge is 0.229 e. The van der Waals surface area contributed by atoms with Crippen molar-refractivity contribution in [3.63, 3.8) is 0 Å². The van der Waals surface area contributed by atoms with Crippen molar-refractivity contribution >= 4 is 27.8 Å². The second-order valence-corrected chi connectivity index (χ2v) is 6.88. The summed E-state index contributed by atoms with van der Waals surface area (Å²) < 4.78 is 5.33. The van der Waals surface area contributed by atoms with Crippen LogP contribution in [0.25, 0.3) is 21.9 Å². The molecule has 1 atom stereocenters. The van der Waals surface area contributed by atoms with Gasteiger partial charge in [0, 0.05) is 28.5 Å². The molecule has 0 saturated carbocycles. The molecule has 2 aromatic heterocycles. The van der Waals surface area contributed by atoms with Gasteiger partial charge in [0.2, 0.25) is 5.91 Å². The molecule has 1 aliphatic rings. The molecule has 4 aromatic rings. The molecule has 0 spiro atoms. The molecular formula is C21H19N3O2. The van der Waals surface area contributed by atoms with Crippen LogP contribution in [0.15, 0.2) is 53.1 Å². The van der Waals surface area contributed by atoms with Crippen LogP contribution in [-0.4, -0.2) is 27.5 Å². The summed E-state index contributed by atoms with van der Waals surface area (Å²) in [6.45, 7) is 2.82. The minimum Gasteiger partial charge on any atom is -0.356 e. The maximum absolute atomic E-state index is 13.0. The average Bonchev–Trinajstić information content (AvgIpc) is 3.24. The number of carbonyl (C=O) groups excluding carboxylic acids is 1. The summed E-state index contributed by atoms with van der Waals surface area (Å²) >= 11 is 0. The van der Waals surface area contributed by atoms with Crippen molar-refractivity contribution in [1.29, 1.82) is 0 Å². The van der Waals surface area contributed by atoms with Crippen molar-refractivity contribution in [3.8, 4) is 0 Å². The molecule has 26 heavy (non-hydrogen) atoms. The summed E-state index contributed by atoms with van der Waals surface area (Å²) in [5, 5.41) is 6.29. The number of nitrogens with one attached hydrogen (secondary N) is 1. The van der Waals surface area contributed by atoms with Crippen molar-refractivity contribution in [2.24, 2.45) is 0 Å². The first kappa shape index (κ1) is 15.2. The van der Waals surface area contributed by atoms with E-state index in [2.05, 4.69) is 35.3 Å². The number of nitrogens with zero attached hydrogens (tertiary/aromatic N) is 2. The number of H-pyrrole nitrogens is 1. The Bertz CT molecular complexity index is 1120. The zero-order chi connectivity index (χ0) is 17.7. The molecule has 5 heteroatoms. The number of para-hydroxylation sites is 2. The predicted molar refractivity (Wildman–Crippen MR) is 99.8 cm³/mol. The summed E-state index contributed by atoms with van der Waals surface area (Å²) in [6.07, 6.45) is 1.13. The van der Waals surface area contributed by atoms with Gasteiger partial charge in [0.05, 0.1) is 12.5 Å². The average molecular weight is 345 g/mol. The Balaban J connectivity index is 1.44. The molecule has 0 radical (unpaired) electrons. The topological polar surface area (TPSA) is 62.1 Å². The Kier molecular flexibility index (Phi) is 3.35. The summed E-state index contributed by atoms with van der Waals surface area (Å²) in [7, 11) is 0. The van der Waals surface area contributed by atoms with E-state index in [9.17, 15) is 4.79 Å². The van der Waals surface area contributed by atoms with E-state index in [1.807, 2.05) is 35.2 Å². The van der Waals surface area contributed by atoms with Gasteiger partial charge in [-0.2, -0.15) is 0 Å². The van der Waals surface area contributed by atoms with Gasteiger partial charge in [0.1, 0.15) is 5.69 Å². The van der Waals surface area contributed by atoms with Crippen molar-refractivity contribution in [3.05, 3.63) is 65.5 Å². The molecule has 3 heterocycles. The van der Waals surface area contributed by atoms with Gasteiger partial charge in [-0.05, 0) is 37.1 Å². The lowest BCUT2D eigenvalue weighted by Crippen LogP contribution is -2.39. The summed E-state index contributed by atoms with van der Waals surface area (Å²) in [6, 6.07) is 16.0. The Labute approximate surface area is 150 Å². The zero-order valence-electron chi connectivity index (χ0n) is 14.5. The van der Waals surface area contributed by atoms with Gasteiger partial charge in [-0.15, -0.1) is 0 Å². The first-order chi connectivity index (χ1) is 12.7. The molecule has 0 unspecified atom stereocenters. The van der Waals surface area contributed by atoms with E-state index in [4.69, 9.17) is 4.52 Å². The lowest BCUT2D eigenvalue weighted by atomic mass is 9.97. The highest BCUT2D eigenvalue weighted by Crippen LogP contribution is 2.34. The van der Waals surface area contributed by atoms with E-state index in [1.165, 1.54) is 10.9 Å². The van der Waals surface area contributed by atoms with Crippen LogP contribution >= 0.6 is 0 Å². The highest BCUT2D eigenvalue weighted by molar-refractivity contribution is 5.88. The van der Waals surface area contributed by atoms with Crippen LogP contribution in [0.1, 0.15) is 29.9 Å². The number of hydrogen-bond donors (Lipinski definition) is 1. The fourth-order valence-electron chi connectivity index (χ4n) is 4.08. The van der Waals surface area contributed by atoms with Crippen molar-refractivity contribution in [2.45, 2.75) is 25.8 Å². The second-order valence-electron chi connectivity index (χ2n) is 6.88. The van der Waals surface area contributed by atoms with Gasteiger partial charge in [0.25, 0.3) is 0 Å². The lowest BCUT2D eigenvalue weighted by molar-refractivity contribution is -0.133. The van der Waals surface area contributed by atoms with Crippen LogP contribution in [0.2, 0.25) is 0 Å². The number of aromatic nitrogens is 2. The summed E-state index contributed by atoms with van der Waals surface area (Å²) in [5.74, 6) is 0.0841. The van der Waals surface area contributed by atoms with E-state index in [0.717, 1.165) is 35.1 Å². The molecule has 0 saturated heterocycles. The third kappa shape index (κ3) is 2.24. The normalized spacial score (nSPS) is 17.0. The first-order valence-corrected chi connectivity index (χ1v) is 8.94. The number of benzene rings is 2. The van der Waals surface area contributed by atoms with Gasteiger partial charge < -0.3 is 14.4 Å². The van der Waals surface area contributed by atoms with Gasteiger partial charge in [-0.3, -0.25) is 4.79 Å². The minimum absolute atomic E-state index is 0.0248. The number of aromatic amines is 1. The molecule has 5 nitrogen and oxygen atoms in total. The fraction of sp³-hybridized carbons (Fsp3) is 0.238. The van der Waals surface area contributed by atoms with E-state index in [0.29, 0.717) is 5.69 Å². The number of amides is 1. The van der Waals surface area contributed by atoms with Crippen molar-refractivity contribution < 1.29 is 9.32 Å². The molecule has 1 N–H and O–H groups in total. The third-order valence-corrected chi connectivity index (χ3v) is 5.43. The van der Waals surface area contributed by atoms with Crippen LogP contribution in [0.5, 0.6) is 0 Å². The molecule has 0 aliphatic carbocycles. The predicted octanol–water partition coefficient (Wildman–Crippen LogP) is 4.00. The summed E-state index contributed by atoms with van der Waals surface area (Å²) in [5.41, 5.74) is 5.06. The highest BCUT2D eigenvalue weighted by atomic mass is 16.5. The molecule has 130 valence electrons. The second kappa shape index (κ2) is 5.73. The molecule has 1 amide bonds. The van der Waals surface area contributed by atoms with Crippen LogP contribution in [0, 0.1) is 0 Å². The van der Waals surface area contributed by atoms with Crippen molar-refractivity contribution in [2.75, 3.05) is 6.54 Å². The Morgan fingerprint density at radius 2 is 1.96 bits per heavy atom. The zero-order valence-corrected chi connectivity index (χ0v) is 14.5. The van der Waals surface area contributed by atoms with Crippen LogP contribution < -0.4 is 0 Å². The monoisotopic (exact) mass is 345 g/mol. The van der Waals surface area contributed by atoms with Crippen LogP contribution in [-0.2, 0) is 17.6 Å². The van der Waals surface area contributed by atoms with Gasteiger partial charge in [0.15, 0.2) is 5.58 Å². The number of fused-ring (bicyclic) bond motifs is 4. The number of carbonyl (C=O) groups is 1. The maximum Gasteiger partial charge on any atom is 0.229 e. The van der Waals surface area contributed by atoms with Gasteiger partial charge >= 0.3 is 0 Å². The molecule has 0 bridgehead atoms. The quantitative estimate of drug-likeness (QED) is 0.597. The van der Waals surface area contributed by atoms with Crippen LogP contribution in [0.4, 0.5) is 0 Å². The minimum atomic E-state index is 0.0248. The standard InChI is InChI=1S/C21H19N3O2/c1-13-21-15(14-6-2-4-8-17(14)22-21)10-11-24(13)20(25)12-18-16-7-3-5-9-19(16)26-23-18/h2-9,13,22H,10-12H2,1H3/t13-/m0/s1. The first-order valence-electron chi connectivity index (χ1n) is 8.94. The van der Waals surface area contributed by atoms with E-state index in [1.54, 1.807) is 0 Å². The maximum atomic E-state index is 13.0. The number of rotatable bonds is 2. The highest BCUT2D eigenvalue weighted by Gasteiger charge is 2.30. The van der Waals surface area contributed by atoms with Crippen LogP contribution in [0.3, 0.4) is 0 Å². The van der Waals surface area contributed by atoms with E-state index in [-0.39, 0.29) is 18.4 Å². The van der Waals surface area contributed by atoms with E-state index >= 15 is 0 Å². The van der Waals surface area contributed by atoms with E-state index < -0.39 is 0 Å². The third-order valence-electron chi connectivity index (χ3n) is 5.43. The lowest BCUT2D eigenvalue weighted by Gasteiger charge is -2.33. The molecule has 5 rings (SSSR count). The molecular weight excluding hydrogens is 326 g/mol. The fourth-order valence-corrected chi connectivity index (χ4v) is 4.08. The largest absolute Gasteiger partial charge is 0.356 e. The molecule has 1 aliphatic heterocycles. The Morgan fingerprint density at radius 3 is 2.85 bits per heavy atom. The van der Waals surface area contributed by atoms with Gasteiger partial charge in [-0.25, -0.2) is 0 Å².